The van der Waals surface area contributed by atoms with Gasteiger partial charge in [-0.25, -0.2) is 0 Å². The summed E-state index contributed by atoms with van der Waals surface area (Å²) in [7, 11) is 1.80. The van der Waals surface area contributed by atoms with E-state index in [4.69, 9.17) is 12.2 Å². The molecule has 0 unspecified atom stereocenters. The van der Waals surface area contributed by atoms with Gasteiger partial charge in [0.05, 0.1) is 0 Å². The van der Waals surface area contributed by atoms with E-state index in [1.165, 1.54) is 0 Å². The second kappa shape index (κ2) is 3.51. The van der Waals surface area contributed by atoms with Crippen LogP contribution < -0.4 is 0 Å². The molecule has 0 spiro atoms. The van der Waals surface area contributed by atoms with Gasteiger partial charge in [-0.2, -0.15) is 4.98 Å². The Balaban J connectivity index is 2.54. The van der Waals surface area contributed by atoms with Crippen molar-refractivity contribution in [3.05, 3.63) is 28.5 Å². The Morgan fingerprint density at radius 1 is 1.47 bits per heavy atom. The summed E-state index contributed by atoms with van der Waals surface area (Å²) < 4.78 is 2.15. The number of H-pyrrole nitrogens is 1. The summed E-state index contributed by atoms with van der Waals surface area (Å²) in [6, 6.07) is 5.40. The molecule has 2 N–H and O–H groups in total. The molecular weight excluding hydrogens is 210 g/mol. The van der Waals surface area contributed by atoms with E-state index < -0.39 is 0 Å². The van der Waals surface area contributed by atoms with Crippen LogP contribution in [0.2, 0.25) is 0 Å². The summed E-state index contributed by atoms with van der Waals surface area (Å²) in [6.45, 7) is 1.85. The summed E-state index contributed by atoms with van der Waals surface area (Å²) in [6.07, 6.45) is 0. The topological polar surface area (TPSA) is 53.8 Å². The van der Waals surface area contributed by atoms with Crippen molar-refractivity contribution >= 4 is 12.2 Å². The number of aromatic amines is 1. The van der Waals surface area contributed by atoms with E-state index in [0.717, 1.165) is 11.1 Å². The van der Waals surface area contributed by atoms with Gasteiger partial charge in [-0.15, -0.1) is 0 Å². The number of hydrogen-bond acceptors (Lipinski definition) is 3. The van der Waals surface area contributed by atoms with E-state index in [-0.39, 0.29) is 5.75 Å². The zero-order valence-electron chi connectivity index (χ0n) is 8.48. The number of benzene rings is 1. The molecule has 0 saturated heterocycles. The number of nitrogens with zero attached hydrogens (tertiary/aromatic N) is 2. The lowest BCUT2D eigenvalue weighted by atomic mass is 10.1. The van der Waals surface area contributed by atoms with Gasteiger partial charge in [0.2, 0.25) is 4.77 Å². The highest BCUT2D eigenvalue weighted by molar-refractivity contribution is 7.71. The number of hydrogen-bond donors (Lipinski definition) is 2. The molecular formula is C10H11N3OS. The van der Waals surface area contributed by atoms with Crippen LogP contribution >= 0.6 is 12.2 Å². The predicted octanol–water partition coefficient (Wildman–Crippen LogP) is 2.16. The van der Waals surface area contributed by atoms with Gasteiger partial charge in [0, 0.05) is 12.6 Å². The van der Waals surface area contributed by atoms with Crippen LogP contribution in [0.25, 0.3) is 11.4 Å². The van der Waals surface area contributed by atoms with Crippen molar-refractivity contribution in [2.45, 2.75) is 6.92 Å². The normalized spacial score (nSPS) is 10.5. The highest BCUT2D eigenvalue weighted by Crippen LogP contribution is 2.23. The van der Waals surface area contributed by atoms with Crippen LogP contribution in [0.5, 0.6) is 5.75 Å². The van der Waals surface area contributed by atoms with Gasteiger partial charge in [0.15, 0.2) is 5.82 Å². The molecule has 4 nitrogen and oxygen atoms in total. The molecule has 0 radical (unpaired) electrons. The lowest BCUT2D eigenvalue weighted by Gasteiger charge is -2.00. The molecule has 1 heterocycles. The third-order valence-corrected chi connectivity index (χ3v) is 2.62. The van der Waals surface area contributed by atoms with Crippen molar-refractivity contribution in [2.75, 3.05) is 0 Å². The Hall–Kier alpha value is -1.62. The van der Waals surface area contributed by atoms with E-state index >= 15 is 0 Å². The van der Waals surface area contributed by atoms with Crippen molar-refractivity contribution in [2.24, 2.45) is 7.05 Å². The largest absolute Gasteiger partial charge is 0.508 e. The minimum absolute atomic E-state index is 0.262. The Morgan fingerprint density at radius 3 is 2.73 bits per heavy atom. The van der Waals surface area contributed by atoms with Gasteiger partial charge in [-0.1, -0.05) is 12.1 Å². The first-order valence-corrected chi connectivity index (χ1v) is 4.92. The first-order chi connectivity index (χ1) is 7.08. The van der Waals surface area contributed by atoms with E-state index in [0.29, 0.717) is 10.6 Å². The standard InChI is InChI=1S/C10H11N3OS/c1-6-3-4-7(5-8(6)14)9-11-10(15)13(2)12-9/h3-5,14H,1-2H3,(H,11,12,15). The summed E-state index contributed by atoms with van der Waals surface area (Å²) in [5.74, 6) is 0.926. The smallest absolute Gasteiger partial charge is 0.216 e. The second-order valence-electron chi connectivity index (χ2n) is 3.42. The molecule has 1 aromatic carbocycles. The van der Waals surface area contributed by atoms with Crippen LogP contribution in [-0.2, 0) is 7.05 Å². The highest BCUT2D eigenvalue weighted by Gasteiger charge is 2.05. The number of aryl methyl sites for hydroxylation is 2. The van der Waals surface area contributed by atoms with Crippen molar-refractivity contribution in [3.63, 3.8) is 0 Å². The first kappa shape index (κ1) is 9.92. The molecule has 0 saturated carbocycles. The van der Waals surface area contributed by atoms with Crippen molar-refractivity contribution in [3.8, 4) is 17.1 Å². The maximum absolute atomic E-state index is 9.56. The number of nitrogens with one attached hydrogen (secondary N) is 1. The fourth-order valence-electron chi connectivity index (χ4n) is 1.29. The molecule has 5 heteroatoms. The third kappa shape index (κ3) is 1.78. The average molecular weight is 221 g/mol. The van der Waals surface area contributed by atoms with E-state index in [9.17, 15) is 5.11 Å². The SMILES string of the molecule is Cc1ccc(-c2nc(=S)n(C)[nH]2)cc1O. The zero-order chi connectivity index (χ0) is 11.0. The summed E-state index contributed by atoms with van der Waals surface area (Å²) in [5, 5.41) is 12.6. The maximum atomic E-state index is 9.56. The summed E-state index contributed by atoms with van der Waals surface area (Å²) in [4.78, 5) is 4.16. The molecule has 0 aliphatic carbocycles. The van der Waals surface area contributed by atoms with Crippen LogP contribution in [0.15, 0.2) is 18.2 Å². The fourth-order valence-corrected chi connectivity index (χ4v) is 1.43. The van der Waals surface area contributed by atoms with Crippen molar-refractivity contribution in [1.29, 1.82) is 0 Å². The van der Waals surface area contributed by atoms with Gasteiger partial charge in [0.1, 0.15) is 5.75 Å². The minimum atomic E-state index is 0.262. The number of aromatic hydroxyl groups is 1. The van der Waals surface area contributed by atoms with Crippen molar-refractivity contribution < 1.29 is 5.11 Å². The fraction of sp³-hybridized carbons (Fsp3) is 0.200. The number of rotatable bonds is 1. The van der Waals surface area contributed by atoms with Gasteiger partial charge >= 0.3 is 0 Å². The zero-order valence-corrected chi connectivity index (χ0v) is 9.30. The van der Waals surface area contributed by atoms with Crippen LogP contribution in [0.3, 0.4) is 0 Å². The molecule has 1 aromatic heterocycles. The molecule has 0 aliphatic heterocycles. The summed E-state index contributed by atoms with van der Waals surface area (Å²) in [5.41, 5.74) is 1.66. The van der Waals surface area contributed by atoms with E-state index in [1.807, 2.05) is 19.1 Å². The Labute approximate surface area is 92.2 Å². The van der Waals surface area contributed by atoms with Gasteiger partial charge in [0.25, 0.3) is 0 Å². The molecule has 0 bridgehead atoms. The first-order valence-electron chi connectivity index (χ1n) is 4.51. The monoisotopic (exact) mass is 221 g/mol. The Morgan fingerprint density at radius 2 is 2.20 bits per heavy atom. The number of phenols is 1. The molecule has 0 aliphatic rings. The molecule has 0 atom stereocenters. The molecule has 0 fully saturated rings. The van der Waals surface area contributed by atoms with Gasteiger partial charge in [-0.05, 0) is 30.8 Å². The Kier molecular flexibility index (Phi) is 2.32. The van der Waals surface area contributed by atoms with Crippen LogP contribution in [0.1, 0.15) is 5.56 Å². The van der Waals surface area contributed by atoms with Gasteiger partial charge in [-0.3, -0.25) is 9.78 Å². The van der Waals surface area contributed by atoms with Gasteiger partial charge < -0.3 is 5.11 Å². The molecule has 78 valence electrons. The lowest BCUT2D eigenvalue weighted by molar-refractivity contribution is 0.471. The van der Waals surface area contributed by atoms with Crippen LogP contribution in [-0.4, -0.2) is 19.9 Å². The molecule has 2 aromatic rings. The Bertz CT molecular complexity index is 556. The second-order valence-corrected chi connectivity index (χ2v) is 3.78. The maximum Gasteiger partial charge on any atom is 0.216 e. The predicted molar refractivity (Wildman–Crippen MR) is 60.2 cm³/mol. The van der Waals surface area contributed by atoms with Crippen LogP contribution in [0.4, 0.5) is 0 Å². The third-order valence-electron chi connectivity index (χ3n) is 2.25. The van der Waals surface area contributed by atoms with Crippen molar-refractivity contribution in [1.82, 2.24) is 14.8 Å². The molecule has 0 amide bonds. The number of phenolic OH excluding ortho intramolecular Hbond substituents is 1. The highest BCUT2D eigenvalue weighted by atomic mass is 32.1. The van der Waals surface area contributed by atoms with E-state index in [2.05, 4.69) is 10.1 Å². The van der Waals surface area contributed by atoms with Crippen LogP contribution in [0, 0.1) is 11.7 Å². The minimum Gasteiger partial charge on any atom is -0.508 e. The quantitative estimate of drug-likeness (QED) is 0.725. The van der Waals surface area contributed by atoms with E-state index in [1.54, 1.807) is 17.8 Å². The number of aromatic nitrogens is 3. The average Bonchev–Trinajstić information content (AvgIpc) is 2.52. The summed E-state index contributed by atoms with van der Waals surface area (Å²) >= 11 is 4.99. The lowest BCUT2D eigenvalue weighted by Crippen LogP contribution is -1.89. The molecule has 15 heavy (non-hydrogen) atoms. The molecule has 2 rings (SSSR count).